The first-order valence-corrected chi connectivity index (χ1v) is 6.93. The normalized spacial score (nSPS) is 13.3. The van der Waals surface area contributed by atoms with E-state index >= 15 is 0 Å². The average Bonchev–Trinajstić information content (AvgIpc) is 2.36. The molecule has 1 unspecified atom stereocenters. The summed E-state index contributed by atoms with van der Waals surface area (Å²) in [4.78, 5) is 4.57. The van der Waals surface area contributed by atoms with E-state index in [1.54, 1.807) is 0 Å². The summed E-state index contributed by atoms with van der Waals surface area (Å²) in [6.45, 7) is 9.02. The molecule has 1 aromatic carbocycles. The lowest BCUT2D eigenvalue weighted by molar-refractivity contribution is 0.355. The van der Waals surface area contributed by atoms with E-state index in [4.69, 9.17) is 0 Å². The van der Waals surface area contributed by atoms with Crippen molar-refractivity contribution in [1.29, 1.82) is 0 Å². The molecule has 0 amide bonds. The number of nitrogens with zero attached hydrogens (tertiary/aromatic N) is 1. The molecule has 0 aliphatic carbocycles. The zero-order valence-corrected chi connectivity index (χ0v) is 12.4. The molecule has 0 aliphatic heterocycles. The number of aromatic nitrogens is 1. The molecule has 1 atom stereocenters. The molecule has 2 aromatic rings. The van der Waals surface area contributed by atoms with E-state index in [0.717, 1.165) is 6.42 Å². The van der Waals surface area contributed by atoms with Crippen LogP contribution in [0.25, 0.3) is 0 Å². The van der Waals surface area contributed by atoms with Gasteiger partial charge in [-0.05, 0) is 36.5 Å². The molecular formula is C18H23N. The van der Waals surface area contributed by atoms with Gasteiger partial charge in [-0.25, -0.2) is 0 Å². The molecule has 0 bridgehead atoms. The zero-order valence-electron chi connectivity index (χ0n) is 12.4. The fourth-order valence-electron chi connectivity index (χ4n) is 2.47. The fraction of sp³-hybridized carbons (Fsp3) is 0.389. The molecule has 19 heavy (non-hydrogen) atoms. The van der Waals surface area contributed by atoms with Crippen molar-refractivity contribution >= 4 is 0 Å². The zero-order chi connectivity index (χ0) is 13.9. The highest BCUT2D eigenvalue weighted by molar-refractivity contribution is 5.31. The second kappa shape index (κ2) is 5.56. The van der Waals surface area contributed by atoms with Gasteiger partial charge in [0.25, 0.3) is 0 Å². The van der Waals surface area contributed by atoms with Crippen LogP contribution in [0.5, 0.6) is 0 Å². The Morgan fingerprint density at radius 1 is 1.05 bits per heavy atom. The minimum absolute atomic E-state index is 0.284. The Morgan fingerprint density at radius 3 is 2.42 bits per heavy atom. The van der Waals surface area contributed by atoms with Gasteiger partial charge in [-0.3, -0.25) is 4.98 Å². The molecule has 0 N–H and O–H groups in total. The van der Waals surface area contributed by atoms with Crippen LogP contribution in [0.4, 0.5) is 0 Å². The Bertz CT molecular complexity index is 523. The highest BCUT2D eigenvalue weighted by Gasteiger charge is 2.22. The number of aryl methyl sites for hydroxylation is 1. The van der Waals surface area contributed by atoms with Gasteiger partial charge in [0.05, 0.1) is 0 Å². The van der Waals surface area contributed by atoms with Crippen molar-refractivity contribution in [1.82, 2.24) is 4.98 Å². The van der Waals surface area contributed by atoms with E-state index in [1.165, 1.54) is 16.8 Å². The van der Waals surface area contributed by atoms with Crippen LogP contribution in [-0.4, -0.2) is 4.98 Å². The monoisotopic (exact) mass is 253 g/mol. The third kappa shape index (κ3) is 3.92. The van der Waals surface area contributed by atoms with Crippen molar-refractivity contribution in [2.75, 3.05) is 0 Å². The van der Waals surface area contributed by atoms with E-state index in [9.17, 15) is 0 Å². The van der Waals surface area contributed by atoms with Gasteiger partial charge in [0.1, 0.15) is 0 Å². The molecule has 1 nitrogen and oxygen atoms in total. The SMILES string of the molecule is Cc1cccc(C(CC(C)(C)C)c2ccccn2)c1. The van der Waals surface area contributed by atoms with Gasteiger partial charge in [0.15, 0.2) is 0 Å². The Kier molecular flexibility index (Phi) is 4.04. The largest absolute Gasteiger partial charge is 0.261 e. The summed E-state index contributed by atoms with van der Waals surface area (Å²) in [5, 5.41) is 0. The van der Waals surface area contributed by atoms with Crippen molar-refractivity contribution in [3.8, 4) is 0 Å². The number of hydrogen-bond donors (Lipinski definition) is 0. The number of rotatable bonds is 3. The van der Waals surface area contributed by atoms with Gasteiger partial charge in [0, 0.05) is 17.8 Å². The van der Waals surface area contributed by atoms with E-state index in [2.05, 4.69) is 69.1 Å². The molecule has 0 aliphatic rings. The lowest BCUT2D eigenvalue weighted by atomic mass is 9.79. The molecule has 0 fully saturated rings. The van der Waals surface area contributed by atoms with Crippen LogP contribution < -0.4 is 0 Å². The summed E-state index contributed by atoms with van der Waals surface area (Å²) < 4.78 is 0. The number of benzene rings is 1. The Balaban J connectivity index is 2.40. The predicted molar refractivity (Wildman–Crippen MR) is 81.3 cm³/mol. The first-order chi connectivity index (χ1) is 8.96. The summed E-state index contributed by atoms with van der Waals surface area (Å²) in [6.07, 6.45) is 2.99. The van der Waals surface area contributed by atoms with E-state index in [0.29, 0.717) is 5.92 Å². The standard InChI is InChI=1S/C18H23N/c1-14-8-7-9-15(12-14)16(13-18(2,3)4)17-10-5-6-11-19-17/h5-12,16H,13H2,1-4H3. The molecule has 0 spiro atoms. The van der Waals surface area contributed by atoms with Gasteiger partial charge >= 0.3 is 0 Å². The highest BCUT2D eigenvalue weighted by Crippen LogP contribution is 2.35. The molecule has 1 aromatic heterocycles. The average molecular weight is 253 g/mol. The van der Waals surface area contributed by atoms with Crippen molar-refractivity contribution in [2.45, 2.75) is 40.0 Å². The quantitative estimate of drug-likeness (QED) is 0.753. The molecule has 0 saturated heterocycles. The van der Waals surface area contributed by atoms with Crippen LogP contribution in [-0.2, 0) is 0 Å². The summed E-state index contributed by atoms with van der Waals surface area (Å²) >= 11 is 0. The van der Waals surface area contributed by atoms with Crippen molar-refractivity contribution < 1.29 is 0 Å². The van der Waals surface area contributed by atoms with E-state index in [-0.39, 0.29) is 5.41 Å². The van der Waals surface area contributed by atoms with Crippen LogP contribution in [0.15, 0.2) is 48.7 Å². The maximum Gasteiger partial charge on any atom is 0.0478 e. The minimum Gasteiger partial charge on any atom is -0.261 e. The number of pyridine rings is 1. The highest BCUT2D eigenvalue weighted by atomic mass is 14.7. The molecule has 2 rings (SSSR count). The van der Waals surface area contributed by atoms with Crippen LogP contribution in [0.1, 0.15) is 49.9 Å². The van der Waals surface area contributed by atoms with Crippen molar-refractivity contribution in [2.24, 2.45) is 5.41 Å². The molecule has 0 saturated carbocycles. The van der Waals surface area contributed by atoms with Gasteiger partial charge in [0.2, 0.25) is 0 Å². The summed E-state index contributed by atoms with van der Waals surface area (Å²) in [7, 11) is 0. The van der Waals surface area contributed by atoms with Gasteiger partial charge in [-0.2, -0.15) is 0 Å². The third-order valence-corrected chi connectivity index (χ3v) is 3.31. The Hall–Kier alpha value is -1.63. The van der Waals surface area contributed by atoms with E-state index in [1.807, 2.05) is 12.3 Å². The lowest BCUT2D eigenvalue weighted by Crippen LogP contribution is -2.14. The fourth-order valence-corrected chi connectivity index (χ4v) is 2.47. The Labute approximate surface area is 116 Å². The third-order valence-electron chi connectivity index (χ3n) is 3.31. The second-order valence-corrected chi connectivity index (χ2v) is 6.49. The summed E-state index contributed by atoms with van der Waals surface area (Å²) in [5.74, 6) is 0.376. The maximum absolute atomic E-state index is 4.57. The van der Waals surface area contributed by atoms with Crippen LogP contribution >= 0.6 is 0 Å². The molecule has 100 valence electrons. The molecular weight excluding hydrogens is 230 g/mol. The minimum atomic E-state index is 0.284. The predicted octanol–water partition coefficient (Wildman–Crippen LogP) is 4.96. The molecule has 0 radical (unpaired) electrons. The molecule has 1 heterocycles. The summed E-state index contributed by atoms with van der Waals surface area (Å²) in [6, 6.07) is 15.0. The topological polar surface area (TPSA) is 12.9 Å². The maximum atomic E-state index is 4.57. The summed E-state index contributed by atoms with van der Waals surface area (Å²) in [5.41, 5.74) is 4.13. The van der Waals surface area contributed by atoms with Gasteiger partial charge in [-0.1, -0.05) is 56.7 Å². The molecule has 1 heteroatoms. The first kappa shape index (κ1) is 13.8. The first-order valence-electron chi connectivity index (χ1n) is 6.93. The van der Waals surface area contributed by atoms with Crippen LogP contribution in [0, 0.1) is 12.3 Å². The van der Waals surface area contributed by atoms with Crippen LogP contribution in [0.3, 0.4) is 0 Å². The van der Waals surface area contributed by atoms with Crippen molar-refractivity contribution in [3.05, 3.63) is 65.5 Å². The van der Waals surface area contributed by atoms with E-state index < -0.39 is 0 Å². The van der Waals surface area contributed by atoms with Gasteiger partial charge in [-0.15, -0.1) is 0 Å². The second-order valence-electron chi connectivity index (χ2n) is 6.49. The number of hydrogen-bond acceptors (Lipinski definition) is 1. The van der Waals surface area contributed by atoms with Gasteiger partial charge < -0.3 is 0 Å². The van der Waals surface area contributed by atoms with Crippen LogP contribution in [0.2, 0.25) is 0 Å². The lowest BCUT2D eigenvalue weighted by Gasteiger charge is -2.26. The Morgan fingerprint density at radius 2 is 1.84 bits per heavy atom. The smallest absolute Gasteiger partial charge is 0.0478 e. The van der Waals surface area contributed by atoms with Crippen molar-refractivity contribution in [3.63, 3.8) is 0 Å².